The van der Waals surface area contributed by atoms with Gasteiger partial charge in [0.2, 0.25) is 0 Å². The third kappa shape index (κ3) is 877. The van der Waals surface area contributed by atoms with E-state index in [-0.39, 0.29) is 31.7 Å². The van der Waals surface area contributed by atoms with Gasteiger partial charge in [-0.05, 0) is 0 Å². The first-order chi connectivity index (χ1) is 56.4. The molecule has 0 amide bonds. The monoisotopic (exact) mass is 2860 g/mol. The molecule has 4 atom stereocenters. The normalized spacial score (nSPS) is 12.9. The third-order valence-electron chi connectivity index (χ3n) is 6.03. The molecule has 0 spiro atoms. The Hall–Kier alpha value is 6.84. The zero-order valence-corrected chi connectivity index (χ0v) is 89.3. The third-order valence-corrected chi connectivity index (χ3v) is 22.1. The topological polar surface area (TPSA) is 1860 Å². The molecule has 0 aliphatic heterocycles. The van der Waals surface area contributed by atoms with Crippen molar-refractivity contribution in [2.24, 2.45) is 0 Å². The minimum Gasteiger partial charge on any atom is -0.222 e. The SMILES string of the molecule is CCP(CC)C([CH2][Tc+5])OC([CH2][Tc+5])P(CC)CC.CCP(CC)C([CH2][Tc+5])OC([CH2][Tc+5])P(CC)CC.[O-][Cl+3]([O-])([O-])[O-].[O-][Cl+3]([O-])([O-])[O-].[O-][Cl+3]([O-])([O-])[O-].[O-][Cl+3]([O-])([O-])[O-].[O-][Cl+3]([O-])([O-])[O-].[O-][Cl+3]([O-])([O-])[O-].[O-][Cl+3]([O-])([O-])[O-].[O-][Cl+3]([O-])([O-])[O-].[O-][Cl+3]([O-])([O-])[O-].[O-][Cl+3]([O-])([O-])[O-].[O-][Cl+3]([O-])([O-])[O-].[O-][Cl+3]([O-])([O-])[O-].[O-][Cl+3]([O-])([O-])[O-].[O-][Cl+3]([O-])([O-])[O-].[O-][Cl+3]([O-])([O-])[O-].[O-][Cl+3]([O-])([O-])[O-].[O-][Cl+3]([O-])([O-])[O-].[O-][Cl+3]([O-])([O-])[O-].[O-][Cl+3]([O-])([O-])[O-].[O-][Cl+3]([O-])([O-])[O-]. The molecule has 134 heavy (non-hydrogen) atoms. The summed E-state index contributed by atoms with van der Waals surface area (Å²) >= 11 is 10.0. The Morgan fingerprint density at radius 3 is 0.187 bits per heavy atom. The molecule has 0 saturated carbocycles. The van der Waals surface area contributed by atoms with Crippen LogP contribution in [0.4, 0.5) is 0 Å². The van der Waals surface area contributed by atoms with Crippen molar-refractivity contribution in [2.45, 2.75) is 98.5 Å². The van der Waals surface area contributed by atoms with Crippen molar-refractivity contribution < 1.29 is 663 Å². The predicted molar refractivity (Wildman–Crippen MR) is 149 cm³/mol. The summed E-state index contributed by atoms with van der Waals surface area (Å²) in [5, 5.41) is 0. The Kier molecular flexibility index (Phi) is 144. The Morgan fingerprint density at radius 2 is 0.164 bits per heavy atom. The van der Waals surface area contributed by atoms with Gasteiger partial charge in [0.1, 0.15) is 0 Å². The first-order valence-corrected chi connectivity index (χ1v) is 62.3. The molecule has 82 nitrogen and oxygen atoms in total. The van der Waals surface area contributed by atoms with Crippen molar-refractivity contribution in [3.8, 4) is 0 Å². The summed E-state index contributed by atoms with van der Waals surface area (Å²) in [5.41, 5.74) is 0. The molecule has 0 rings (SSSR count). The maximum Gasteiger partial charge on any atom is -0.112 e. The van der Waals surface area contributed by atoms with E-state index in [9.17, 15) is 0 Å². The molecule has 0 heterocycles. The zero-order valence-electron chi connectivity index (χ0n) is 63.1. The largest absolute Gasteiger partial charge is 0.222 e. The molecule has 0 aliphatic carbocycles. The van der Waals surface area contributed by atoms with E-state index >= 15 is 0 Å². The molecule has 4 unspecified atom stereocenters. The van der Waals surface area contributed by atoms with Crippen molar-refractivity contribution in [2.75, 3.05) is 49.3 Å². The minimum absolute atomic E-state index is 0.0845. The van der Waals surface area contributed by atoms with E-state index in [0.29, 0.717) is 23.4 Å². The predicted octanol–water partition coefficient (Wildman–Crippen LogP) is -85.9. The fourth-order valence-corrected chi connectivity index (χ4v) is 17.5. The molecule has 0 fully saturated rings. The molecule has 0 bridgehead atoms. The molecular formula is C24H52Cl20O82P4Tc4. The van der Waals surface area contributed by atoms with Gasteiger partial charge in [-0.3, -0.25) is 0 Å². The fraction of sp³-hybridized carbons (Fsp3) is 1.00. The summed E-state index contributed by atoms with van der Waals surface area (Å²) in [6.45, 7) is 18.6. The van der Waals surface area contributed by atoms with Gasteiger partial charge in [-0.25, -0.2) is 373 Å². The van der Waals surface area contributed by atoms with Crippen LogP contribution >= 0.6 is 31.7 Å². The Labute approximate surface area is 834 Å². The molecule has 828 valence electrons. The summed E-state index contributed by atoms with van der Waals surface area (Å²) < 4.78 is 692. The molecule has 0 aromatic heterocycles. The van der Waals surface area contributed by atoms with Gasteiger partial charge in [0.25, 0.3) is 0 Å². The zero-order chi connectivity index (χ0) is 117. The van der Waals surface area contributed by atoms with Crippen LogP contribution in [-0.2, 0) is 85.1 Å². The number of hydrogen-bond donors (Lipinski definition) is 0. The van der Waals surface area contributed by atoms with E-state index in [1.807, 2.05) is 0 Å². The van der Waals surface area contributed by atoms with Crippen molar-refractivity contribution in [1.29, 1.82) is 0 Å². The Bertz CT molecular complexity index is 1600. The second-order valence-electron chi connectivity index (χ2n) is 15.2. The van der Waals surface area contributed by atoms with Crippen LogP contribution in [0.3, 0.4) is 0 Å². The van der Waals surface area contributed by atoms with Crippen LogP contribution in [0.15, 0.2) is 0 Å². The Morgan fingerprint density at radius 1 is 0.127 bits per heavy atom. The van der Waals surface area contributed by atoms with Gasteiger partial charge < -0.3 is 0 Å². The van der Waals surface area contributed by atoms with Gasteiger partial charge in [-0.2, -0.15) is 0 Å². The van der Waals surface area contributed by atoms with E-state index in [0.717, 1.165) is 19.7 Å². The van der Waals surface area contributed by atoms with E-state index in [4.69, 9.17) is 382 Å². The van der Waals surface area contributed by atoms with Gasteiger partial charge >= 0.3 is 265 Å². The van der Waals surface area contributed by atoms with Gasteiger partial charge in [0.15, 0.2) is 0 Å². The Balaban J connectivity index is -0.0000000500. The summed E-state index contributed by atoms with van der Waals surface area (Å²) in [4.78, 5) is 4.65. The van der Waals surface area contributed by atoms with Crippen LogP contribution in [0.25, 0.3) is 0 Å². The van der Waals surface area contributed by atoms with Crippen molar-refractivity contribution in [1.82, 2.24) is 0 Å². The average molecular weight is 2880 g/mol. The first kappa shape index (κ1) is 195. The first-order valence-electron chi connectivity index (χ1n) is 25.2. The second kappa shape index (κ2) is 99.2. The molecule has 110 heteroatoms. The van der Waals surface area contributed by atoms with Crippen LogP contribution in [-0.4, -0.2) is 72.7 Å². The number of ether oxygens (including phenoxy) is 2. The van der Waals surface area contributed by atoms with E-state index in [1.165, 1.54) is 49.3 Å². The standard InChI is InChI=1S/2C12H26OP2.20ClHO4.4Tc/c2*1-7-14(8-2)11(5)13-12(6)15(9-3)10-4;20*2-1(3,4)5;;;;/h2*11-12H,5-10H2,1-4H3;20*(H,2,3,4,5);;;;/q;;;;;;;;;;;;;;;;;;;;;;4*+5/p-20. The van der Waals surface area contributed by atoms with Crippen LogP contribution in [0.5, 0.6) is 0 Å². The van der Waals surface area contributed by atoms with Crippen molar-refractivity contribution in [3.05, 3.63) is 0 Å². The van der Waals surface area contributed by atoms with Gasteiger partial charge in [0.05, 0.1) is 0 Å². The van der Waals surface area contributed by atoms with Gasteiger partial charge in [0, 0.05) is 0 Å². The van der Waals surface area contributed by atoms with Crippen molar-refractivity contribution in [3.63, 3.8) is 0 Å². The molecular weight excluding hydrogens is 2830 g/mol. The summed E-state index contributed by atoms with van der Waals surface area (Å²) in [6, 6.07) is 0. The quantitative estimate of drug-likeness (QED) is 0.102. The van der Waals surface area contributed by atoms with Crippen LogP contribution in [0, 0.1) is 205 Å². The molecule has 0 aromatic rings. The molecule has 0 radical (unpaired) electrons. The molecule has 0 saturated heterocycles. The van der Waals surface area contributed by atoms with Crippen LogP contribution < -0.4 is 373 Å². The van der Waals surface area contributed by atoms with E-state index in [1.54, 1.807) is 0 Å². The van der Waals surface area contributed by atoms with Gasteiger partial charge in [-0.15, -0.1) is 205 Å². The smallest absolute Gasteiger partial charge is 0.112 e. The van der Waals surface area contributed by atoms with Crippen LogP contribution in [0.2, 0.25) is 19.7 Å². The van der Waals surface area contributed by atoms with Crippen molar-refractivity contribution >= 4 is 31.7 Å². The fourth-order valence-electron chi connectivity index (χ4n) is 3.77. The molecule has 0 N–H and O–H groups in total. The molecule has 0 aliphatic rings. The summed E-state index contributed by atoms with van der Waals surface area (Å²) in [6.07, 6.45) is 10.5. The number of rotatable bonds is 20. The molecule has 0 aromatic carbocycles. The second-order valence-corrected chi connectivity index (χ2v) is 45.4. The average Bonchev–Trinajstić information content (AvgIpc) is 0.893. The number of hydrogen-bond acceptors (Lipinski definition) is 82. The maximum absolute atomic E-state index is 8.49. The minimum atomic E-state index is -4.94. The summed E-state index contributed by atoms with van der Waals surface area (Å²) in [7, 11) is -98.6. The van der Waals surface area contributed by atoms with E-state index in [2.05, 4.69) is 131 Å². The summed E-state index contributed by atoms with van der Waals surface area (Å²) in [5.74, 6) is 2.12. The van der Waals surface area contributed by atoms with Gasteiger partial charge in [-0.1, -0.05) is 0 Å². The van der Waals surface area contributed by atoms with E-state index < -0.39 is 205 Å². The number of halogens is 20. The maximum atomic E-state index is 8.49. The van der Waals surface area contributed by atoms with Crippen LogP contribution in [0.1, 0.15) is 55.4 Å².